The van der Waals surface area contributed by atoms with Crippen molar-refractivity contribution >= 4 is 7.25 Å². The smallest absolute Gasteiger partial charge is 1.00 e. The predicted molar refractivity (Wildman–Crippen MR) is 48.0 cm³/mol. The van der Waals surface area contributed by atoms with Crippen LogP contribution in [0.4, 0.5) is 17.3 Å². The predicted octanol–water partition coefficient (Wildman–Crippen LogP) is -3.20. The van der Waals surface area contributed by atoms with Crippen LogP contribution in [0, 0.1) is 0 Å². The SMILES string of the molecule is CC[N+](C)(CC)CC.F[B-](F)(F)F.[Cl-].[K+]. The molecule has 0 bridgehead atoms. The molecule has 0 aliphatic carbocycles. The maximum atomic E-state index is 9.75. The first-order valence-corrected chi connectivity index (χ1v) is 4.39. The van der Waals surface area contributed by atoms with Crippen LogP contribution in [0.5, 0.6) is 0 Å². The zero-order chi connectivity index (χ0) is 11.1. The summed E-state index contributed by atoms with van der Waals surface area (Å²) in [7, 11) is -3.71. The minimum Gasteiger partial charge on any atom is -1.00 e. The number of hydrogen-bond donors (Lipinski definition) is 0. The maximum Gasteiger partial charge on any atom is 1.00 e. The molecule has 0 aromatic heterocycles. The molecule has 0 aliphatic rings. The molecule has 0 radical (unpaired) electrons. The summed E-state index contributed by atoms with van der Waals surface area (Å²) in [5, 5.41) is 0. The second-order valence-electron chi connectivity index (χ2n) is 3.06. The summed E-state index contributed by atoms with van der Waals surface area (Å²) < 4.78 is 40.2. The standard InChI is InChI=1S/C7H18N.BF4.ClH.K/c1-5-8(4,6-2)7-3;2-1(3,4)5;;/h5-7H2,1-4H3;;1H;/q+1;-1;;+1/p-1. The fourth-order valence-electron chi connectivity index (χ4n) is 0.671. The van der Waals surface area contributed by atoms with Crippen LogP contribution in [0.15, 0.2) is 0 Å². The molecule has 0 unspecified atom stereocenters. The minimum atomic E-state index is -6.00. The van der Waals surface area contributed by atoms with Gasteiger partial charge in [-0.3, -0.25) is 0 Å². The van der Waals surface area contributed by atoms with Crippen LogP contribution in [0.1, 0.15) is 20.8 Å². The fourth-order valence-corrected chi connectivity index (χ4v) is 0.671. The van der Waals surface area contributed by atoms with E-state index in [1.807, 2.05) is 0 Å². The van der Waals surface area contributed by atoms with Gasteiger partial charge >= 0.3 is 58.6 Å². The van der Waals surface area contributed by atoms with Crippen molar-refractivity contribution in [1.82, 2.24) is 0 Å². The maximum absolute atomic E-state index is 9.75. The van der Waals surface area contributed by atoms with Crippen molar-refractivity contribution in [2.75, 3.05) is 26.7 Å². The van der Waals surface area contributed by atoms with Crippen LogP contribution in [0.2, 0.25) is 0 Å². The summed E-state index contributed by atoms with van der Waals surface area (Å²) in [6.45, 7) is 10.5. The minimum absolute atomic E-state index is 0. The molecular formula is C7H18BClF4KN. The number of hydrogen-bond acceptors (Lipinski definition) is 0. The van der Waals surface area contributed by atoms with Crippen molar-refractivity contribution in [2.24, 2.45) is 0 Å². The van der Waals surface area contributed by atoms with Gasteiger partial charge in [0.15, 0.2) is 0 Å². The zero-order valence-corrected chi connectivity index (χ0v) is 13.9. The Morgan fingerprint density at radius 1 is 0.867 bits per heavy atom. The van der Waals surface area contributed by atoms with Gasteiger partial charge in [-0.15, -0.1) is 0 Å². The Balaban J connectivity index is -0.0000000770. The third kappa shape index (κ3) is 25.7. The monoisotopic (exact) mass is 277 g/mol. The molecule has 15 heavy (non-hydrogen) atoms. The Hall–Kier alpha value is 1.67. The summed E-state index contributed by atoms with van der Waals surface area (Å²) in [5.41, 5.74) is 0. The molecule has 0 aromatic rings. The molecular weight excluding hydrogens is 259 g/mol. The Kier molecular flexibility index (Phi) is 20.6. The zero-order valence-electron chi connectivity index (χ0n) is 10.0. The third-order valence-corrected chi connectivity index (χ3v) is 2.29. The summed E-state index contributed by atoms with van der Waals surface area (Å²) >= 11 is 0. The quantitative estimate of drug-likeness (QED) is 0.290. The summed E-state index contributed by atoms with van der Waals surface area (Å²) in [6.07, 6.45) is 0. The molecule has 0 N–H and O–H groups in total. The molecule has 90 valence electrons. The van der Waals surface area contributed by atoms with Gasteiger partial charge < -0.3 is 34.2 Å². The van der Waals surface area contributed by atoms with E-state index in [2.05, 4.69) is 27.8 Å². The first-order valence-electron chi connectivity index (χ1n) is 4.39. The van der Waals surface area contributed by atoms with Crippen LogP contribution in [0.3, 0.4) is 0 Å². The second-order valence-corrected chi connectivity index (χ2v) is 3.06. The van der Waals surface area contributed by atoms with E-state index < -0.39 is 7.25 Å². The van der Waals surface area contributed by atoms with Crippen molar-refractivity contribution in [3.63, 3.8) is 0 Å². The van der Waals surface area contributed by atoms with Crippen molar-refractivity contribution in [3.05, 3.63) is 0 Å². The van der Waals surface area contributed by atoms with Crippen molar-refractivity contribution in [1.29, 1.82) is 0 Å². The van der Waals surface area contributed by atoms with Gasteiger partial charge in [-0.25, -0.2) is 0 Å². The molecule has 0 saturated heterocycles. The summed E-state index contributed by atoms with van der Waals surface area (Å²) in [5.74, 6) is 0. The van der Waals surface area contributed by atoms with Crippen LogP contribution in [0.25, 0.3) is 0 Å². The van der Waals surface area contributed by atoms with E-state index in [9.17, 15) is 17.3 Å². The van der Waals surface area contributed by atoms with Crippen LogP contribution in [-0.4, -0.2) is 38.4 Å². The van der Waals surface area contributed by atoms with E-state index in [0.29, 0.717) is 0 Å². The van der Waals surface area contributed by atoms with Crippen LogP contribution < -0.4 is 63.8 Å². The molecule has 0 fully saturated rings. The van der Waals surface area contributed by atoms with E-state index in [-0.39, 0.29) is 63.8 Å². The van der Waals surface area contributed by atoms with Gasteiger partial charge in [0, 0.05) is 0 Å². The first-order chi connectivity index (χ1) is 5.68. The normalized spacial score (nSPS) is 10.4. The largest absolute Gasteiger partial charge is 1.00 e. The average Bonchev–Trinajstić information content (AvgIpc) is 2.00. The van der Waals surface area contributed by atoms with Gasteiger partial charge in [-0.2, -0.15) is 0 Å². The Morgan fingerprint density at radius 3 is 1.00 bits per heavy atom. The number of rotatable bonds is 3. The molecule has 1 nitrogen and oxygen atoms in total. The molecule has 0 amide bonds. The van der Waals surface area contributed by atoms with E-state index in [0.717, 1.165) is 0 Å². The molecule has 0 heterocycles. The van der Waals surface area contributed by atoms with Gasteiger partial charge in [0.1, 0.15) is 0 Å². The van der Waals surface area contributed by atoms with Gasteiger partial charge in [0.25, 0.3) is 0 Å². The number of nitrogens with zero attached hydrogens (tertiary/aromatic N) is 1. The molecule has 0 aromatic carbocycles. The van der Waals surface area contributed by atoms with E-state index in [4.69, 9.17) is 0 Å². The van der Waals surface area contributed by atoms with E-state index in [1.54, 1.807) is 0 Å². The average molecular weight is 278 g/mol. The van der Waals surface area contributed by atoms with Gasteiger partial charge in [0.05, 0.1) is 26.7 Å². The van der Waals surface area contributed by atoms with Gasteiger partial charge in [-0.1, -0.05) is 0 Å². The van der Waals surface area contributed by atoms with E-state index >= 15 is 0 Å². The molecule has 0 atom stereocenters. The Morgan fingerprint density at radius 2 is 1.00 bits per heavy atom. The molecule has 8 heteroatoms. The number of halogens is 5. The summed E-state index contributed by atoms with van der Waals surface area (Å²) in [6, 6.07) is 0. The fraction of sp³-hybridized carbons (Fsp3) is 1.00. The number of quaternary nitrogens is 1. The first kappa shape index (κ1) is 25.5. The summed E-state index contributed by atoms with van der Waals surface area (Å²) in [4.78, 5) is 0. The third-order valence-electron chi connectivity index (χ3n) is 2.29. The van der Waals surface area contributed by atoms with Crippen molar-refractivity contribution < 1.29 is 85.5 Å². The Bertz CT molecular complexity index is 118. The van der Waals surface area contributed by atoms with Gasteiger partial charge in [0.2, 0.25) is 0 Å². The molecule has 0 spiro atoms. The second kappa shape index (κ2) is 12.1. The van der Waals surface area contributed by atoms with Crippen molar-refractivity contribution in [2.45, 2.75) is 20.8 Å². The van der Waals surface area contributed by atoms with Crippen molar-refractivity contribution in [3.8, 4) is 0 Å². The Labute approximate surface area is 138 Å². The molecule has 0 aliphatic heterocycles. The molecule has 0 rings (SSSR count). The van der Waals surface area contributed by atoms with Gasteiger partial charge in [-0.05, 0) is 20.8 Å². The van der Waals surface area contributed by atoms with Crippen LogP contribution >= 0.6 is 0 Å². The van der Waals surface area contributed by atoms with Crippen LogP contribution in [-0.2, 0) is 0 Å². The van der Waals surface area contributed by atoms with E-state index in [1.165, 1.54) is 24.1 Å². The topological polar surface area (TPSA) is 0 Å². The molecule has 0 saturated carbocycles.